The Morgan fingerprint density at radius 2 is 2.14 bits per heavy atom. The average Bonchev–Trinajstić information content (AvgIpc) is 3.38. The average molecular weight is 284 g/mol. The van der Waals surface area contributed by atoms with Crippen LogP contribution in [0.25, 0.3) is 10.9 Å². The number of nitrogens with one attached hydrogen (secondary N) is 1. The number of rotatable bonds is 4. The smallest absolute Gasteiger partial charge is 0.137 e. The van der Waals surface area contributed by atoms with Crippen molar-refractivity contribution in [1.82, 2.24) is 14.9 Å². The first-order valence-electron chi connectivity index (χ1n) is 7.69. The lowest BCUT2D eigenvalue weighted by atomic mass is 10.2. The van der Waals surface area contributed by atoms with E-state index in [0.29, 0.717) is 0 Å². The van der Waals surface area contributed by atoms with Crippen molar-refractivity contribution in [1.29, 1.82) is 0 Å². The number of aromatic nitrogens is 2. The molecular formula is C16H20N4O. The van der Waals surface area contributed by atoms with Crippen molar-refractivity contribution in [2.45, 2.75) is 25.0 Å². The molecule has 110 valence electrons. The van der Waals surface area contributed by atoms with Crippen molar-refractivity contribution in [2.24, 2.45) is 0 Å². The highest BCUT2D eigenvalue weighted by Crippen LogP contribution is 2.28. The molecule has 5 nitrogen and oxygen atoms in total. The molecular weight excluding hydrogens is 264 g/mol. The standard InChI is InChI=1S/C16H20N4O/c1-2-4-15-14(3-1)16(19-11-18-15)17-9-13-10-20(7-8-21-13)12-5-6-12/h1-4,11-13H,5-10H2,(H,17,18,19)/t13-/m0/s1. The van der Waals surface area contributed by atoms with Gasteiger partial charge in [-0.25, -0.2) is 9.97 Å². The molecule has 1 aromatic heterocycles. The monoisotopic (exact) mass is 284 g/mol. The number of ether oxygens (including phenoxy) is 1. The first kappa shape index (κ1) is 13.0. The van der Waals surface area contributed by atoms with Gasteiger partial charge in [-0.15, -0.1) is 0 Å². The number of nitrogens with zero attached hydrogens (tertiary/aromatic N) is 3. The van der Waals surface area contributed by atoms with E-state index in [9.17, 15) is 0 Å². The highest BCUT2D eigenvalue weighted by atomic mass is 16.5. The summed E-state index contributed by atoms with van der Waals surface area (Å²) in [5, 5.41) is 4.50. The minimum Gasteiger partial charge on any atom is -0.374 e. The molecule has 1 saturated carbocycles. The van der Waals surface area contributed by atoms with Gasteiger partial charge in [0.15, 0.2) is 0 Å². The molecule has 1 aliphatic heterocycles. The quantitative estimate of drug-likeness (QED) is 0.929. The summed E-state index contributed by atoms with van der Waals surface area (Å²) in [5.74, 6) is 0.896. The van der Waals surface area contributed by atoms with E-state index in [1.807, 2.05) is 18.2 Å². The Hall–Kier alpha value is -1.72. The van der Waals surface area contributed by atoms with Crippen LogP contribution in [0.2, 0.25) is 0 Å². The third-order valence-corrected chi connectivity index (χ3v) is 4.27. The van der Waals surface area contributed by atoms with Gasteiger partial charge in [-0.1, -0.05) is 12.1 Å². The number of morpholine rings is 1. The van der Waals surface area contributed by atoms with Crippen LogP contribution in [0.3, 0.4) is 0 Å². The zero-order valence-electron chi connectivity index (χ0n) is 12.0. The summed E-state index contributed by atoms with van der Waals surface area (Å²) in [7, 11) is 0. The van der Waals surface area contributed by atoms with Crippen molar-refractivity contribution >= 4 is 16.7 Å². The van der Waals surface area contributed by atoms with Gasteiger partial charge >= 0.3 is 0 Å². The first-order chi connectivity index (χ1) is 10.4. The molecule has 1 atom stereocenters. The van der Waals surface area contributed by atoms with Gasteiger partial charge in [0.25, 0.3) is 0 Å². The normalized spacial score (nSPS) is 23.3. The van der Waals surface area contributed by atoms with Gasteiger partial charge in [-0.3, -0.25) is 4.90 Å². The fourth-order valence-electron chi connectivity index (χ4n) is 2.99. The van der Waals surface area contributed by atoms with Crippen molar-refractivity contribution in [3.8, 4) is 0 Å². The number of para-hydroxylation sites is 1. The van der Waals surface area contributed by atoms with Gasteiger partial charge in [-0.2, -0.15) is 0 Å². The van der Waals surface area contributed by atoms with E-state index < -0.39 is 0 Å². The molecule has 0 amide bonds. The van der Waals surface area contributed by atoms with Gasteiger partial charge in [0.2, 0.25) is 0 Å². The fraction of sp³-hybridized carbons (Fsp3) is 0.500. The summed E-state index contributed by atoms with van der Waals surface area (Å²) in [5.41, 5.74) is 0.971. The van der Waals surface area contributed by atoms with Gasteiger partial charge < -0.3 is 10.1 Å². The molecule has 0 spiro atoms. The summed E-state index contributed by atoms with van der Waals surface area (Å²) in [6, 6.07) is 8.89. The van der Waals surface area contributed by atoms with E-state index in [1.165, 1.54) is 12.8 Å². The molecule has 0 bridgehead atoms. The topological polar surface area (TPSA) is 50.3 Å². The van der Waals surface area contributed by atoms with E-state index in [-0.39, 0.29) is 6.10 Å². The molecule has 0 radical (unpaired) electrons. The Balaban J connectivity index is 1.43. The second-order valence-electron chi connectivity index (χ2n) is 5.84. The third-order valence-electron chi connectivity index (χ3n) is 4.27. The Bertz CT molecular complexity index is 623. The molecule has 2 fully saturated rings. The second kappa shape index (κ2) is 5.58. The molecule has 1 N–H and O–H groups in total. The summed E-state index contributed by atoms with van der Waals surface area (Å²) in [6.07, 6.45) is 4.57. The highest BCUT2D eigenvalue weighted by molar-refractivity contribution is 5.88. The van der Waals surface area contributed by atoms with Crippen LogP contribution in [0, 0.1) is 0 Å². The minimum atomic E-state index is 0.244. The summed E-state index contributed by atoms with van der Waals surface area (Å²) < 4.78 is 5.87. The zero-order chi connectivity index (χ0) is 14.1. The van der Waals surface area contributed by atoms with E-state index in [0.717, 1.165) is 49.0 Å². The Kier molecular flexibility index (Phi) is 3.45. The number of fused-ring (bicyclic) bond motifs is 1. The van der Waals surface area contributed by atoms with Gasteiger partial charge in [0.05, 0.1) is 18.2 Å². The molecule has 4 rings (SSSR count). The Labute approximate surface area is 124 Å². The van der Waals surface area contributed by atoms with E-state index in [1.54, 1.807) is 6.33 Å². The number of benzene rings is 1. The molecule has 1 aromatic carbocycles. The maximum absolute atomic E-state index is 5.87. The van der Waals surface area contributed by atoms with Crippen LogP contribution in [-0.2, 0) is 4.74 Å². The van der Waals surface area contributed by atoms with Crippen LogP contribution in [0.4, 0.5) is 5.82 Å². The predicted octanol–water partition coefficient (Wildman–Crippen LogP) is 1.90. The van der Waals surface area contributed by atoms with Crippen molar-refractivity contribution < 1.29 is 4.74 Å². The second-order valence-corrected chi connectivity index (χ2v) is 5.84. The Morgan fingerprint density at radius 3 is 3.05 bits per heavy atom. The molecule has 2 heterocycles. The van der Waals surface area contributed by atoms with Crippen LogP contribution < -0.4 is 5.32 Å². The largest absolute Gasteiger partial charge is 0.374 e. The van der Waals surface area contributed by atoms with Crippen LogP contribution in [-0.4, -0.2) is 53.3 Å². The summed E-state index contributed by atoms with van der Waals surface area (Å²) in [6.45, 7) is 3.75. The van der Waals surface area contributed by atoms with Crippen LogP contribution in [0.1, 0.15) is 12.8 Å². The zero-order valence-corrected chi connectivity index (χ0v) is 12.0. The summed E-state index contributed by atoms with van der Waals surface area (Å²) >= 11 is 0. The molecule has 5 heteroatoms. The van der Waals surface area contributed by atoms with Crippen LogP contribution in [0.5, 0.6) is 0 Å². The molecule has 1 saturated heterocycles. The van der Waals surface area contributed by atoms with Crippen molar-refractivity contribution in [2.75, 3.05) is 31.6 Å². The number of anilines is 1. The van der Waals surface area contributed by atoms with Gasteiger partial charge in [-0.05, 0) is 25.0 Å². The van der Waals surface area contributed by atoms with Crippen LogP contribution >= 0.6 is 0 Å². The predicted molar refractivity (Wildman–Crippen MR) is 82.4 cm³/mol. The lowest BCUT2D eigenvalue weighted by molar-refractivity contribution is -0.0241. The molecule has 2 aliphatic rings. The fourth-order valence-corrected chi connectivity index (χ4v) is 2.99. The molecule has 2 aromatic rings. The SMILES string of the molecule is c1ccc2c(NC[C@H]3CN(C4CC4)CCO3)ncnc2c1. The van der Waals surface area contributed by atoms with Gasteiger partial charge in [0, 0.05) is 31.1 Å². The van der Waals surface area contributed by atoms with Gasteiger partial charge in [0.1, 0.15) is 12.1 Å². The Morgan fingerprint density at radius 1 is 1.24 bits per heavy atom. The molecule has 1 aliphatic carbocycles. The molecule has 21 heavy (non-hydrogen) atoms. The maximum atomic E-state index is 5.87. The summed E-state index contributed by atoms with van der Waals surface area (Å²) in [4.78, 5) is 11.2. The van der Waals surface area contributed by atoms with E-state index in [4.69, 9.17) is 4.74 Å². The minimum absolute atomic E-state index is 0.244. The number of hydrogen-bond donors (Lipinski definition) is 1. The highest BCUT2D eigenvalue weighted by Gasteiger charge is 2.32. The van der Waals surface area contributed by atoms with E-state index in [2.05, 4.69) is 26.3 Å². The number of hydrogen-bond acceptors (Lipinski definition) is 5. The van der Waals surface area contributed by atoms with E-state index >= 15 is 0 Å². The first-order valence-corrected chi connectivity index (χ1v) is 7.69. The third kappa shape index (κ3) is 2.84. The van der Waals surface area contributed by atoms with Crippen molar-refractivity contribution in [3.63, 3.8) is 0 Å². The van der Waals surface area contributed by atoms with Crippen LogP contribution in [0.15, 0.2) is 30.6 Å². The molecule has 0 unspecified atom stereocenters. The van der Waals surface area contributed by atoms with Crippen molar-refractivity contribution in [3.05, 3.63) is 30.6 Å². The lowest BCUT2D eigenvalue weighted by Gasteiger charge is -2.33. The lowest BCUT2D eigenvalue weighted by Crippen LogP contribution is -2.46. The maximum Gasteiger partial charge on any atom is 0.137 e.